The van der Waals surface area contributed by atoms with E-state index in [0.717, 1.165) is 52.3 Å². The molecule has 3 aromatic heterocycles. The van der Waals surface area contributed by atoms with Gasteiger partial charge in [-0.3, -0.25) is 9.38 Å². The number of aromatic nitrogens is 3. The first kappa shape index (κ1) is 22.0. The van der Waals surface area contributed by atoms with Crippen molar-refractivity contribution in [3.8, 4) is 22.9 Å². The topological polar surface area (TPSA) is 45.9 Å². The number of aryl methyl sites for hydroxylation is 2. The predicted octanol–water partition coefficient (Wildman–Crippen LogP) is 6.28. The minimum absolute atomic E-state index is 0.0311. The Morgan fingerprint density at radius 1 is 0.941 bits per heavy atom. The normalized spacial score (nSPS) is 13.8. The highest BCUT2D eigenvalue weighted by molar-refractivity contribution is 5.66. The number of anilines is 1. The van der Waals surface area contributed by atoms with E-state index >= 15 is 0 Å². The van der Waals surface area contributed by atoms with Crippen LogP contribution in [0, 0.1) is 13.8 Å². The molecular formula is C28H31N5O. The highest BCUT2D eigenvalue weighted by Gasteiger charge is 2.18. The number of ether oxygens (including phenoxy) is 1. The number of hydrogen-bond donors (Lipinski definition) is 0. The summed E-state index contributed by atoms with van der Waals surface area (Å²) < 4.78 is 8.54. The summed E-state index contributed by atoms with van der Waals surface area (Å²) in [6, 6.07) is 16.5. The molecule has 0 spiro atoms. The molecule has 5 rings (SSSR count). The lowest BCUT2D eigenvalue weighted by Crippen LogP contribution is -2.21. The zero-order chi connectivity index (χ0) is 24.0. The maximum Gasteiger partial charge on any atom is 0.141 e. The molecule has 0 saturated carbocycles. The van der Waals surface area contributed by atoms with Gasteiger partial charge in [0.1, 0.15) is 17.1 Å². The van der Waals surface area contributed by atoms with Crippen LogP contribution in [0.2, 0.25) is 0 Å². The van der Waals surface area contributed by atoms with Crippen molar-refractivity contribution in [3.63, 3.8) is 0 Å². The van der Waals surface area contributed by atoms with Crippen LogP contribution in [0.4, 0.5) is 5.69 Å². The Morgan fingerprint density at radius 3 is 2.50 bits per heavy atom. The van der Waals surface area contributed by atoms with Gasteiger partial charge in [0.05, 0.1) is 23.8 Å². The lowest BCUT2D eigenvalue weighted by Gasteiger charge is -2.20. The fraction of sp³-hybridized carbons (Fsp3) is 0.286. The Balaban J connectivity index is 1.57. The third kappa shape index (κ3) is 4.12. The summed E-state index contributed by atoms with van der Waals surface area (Å²) >= 11 is 0. The Morgan fingerprint density at radius 2 is 1.76 bits per heavy atom. The molecule has 0 atom stereocenters. The van der Waals surface area contributed by atoms with Gasteiger partial charge in [0, 0.05) is 55.2 Å². The second-order valence-electron chi connectivity index (χ2n) is 10.00. The summed E-state index contributed by atoms with van der Waals surface area (Å²) in [5, 5.41) is 0. The van der Waals surface area contributed by atoms with E-state index in [1.165, 1.54) is 5.56 Å². The Bertz CT molecular complexity index is 1400. The molecule has 6 heteroatoms. The number of pyridine rings is 2. The summed E-state index contributed by atoms with van der Waals surface area (Å²) in [4.78, 5) is 13.8. The van der Waals surface area contributed by atoms with Crippen LogP contribution in [0.3, 0.4) is 0 Å². The van der Waals surface area contributed by atoms with Gasteiger partial charge < -0.3 is 14.5 Å². The number of fused-ring (bicyclic) bond motifs is 1. The molecule has 1 aliphatic rings. The van der Waals surface area contributed by atoms with Crippen molar-refractivity contribution in [1.82, 2.24) is 19.3 Å². The van der Waals surface area contributed by atoms with E-state index in [1.807, 2.05) is 31.3 Å². The van der Waals surface area contributed by atoms with Gasteiger partial charge in [0.25, 0.3) is 0 Å². The highest BCUT2D eigenvalue weighted by Crippen LogP contribution is 2.33. The first-order valence-electron chi connectivity index (χ1n) is 11.6. The molecule has 0 amide bonds. The fourth-order valence-electron chi connectivity index (χ4n) is 4.25. The molecule has 0 N–H and O–H groups in total. The minimum atomic E-state index is 0.0311. The Hall–Kier alpha value is -3.80. The lowest BCUT2D eigenvalue weighted by atomic mass is 9.87. The van der Waals surface area contributed by atoms with Gasteiger partial charge in [0.2, 0.25) is 0 Å². The van der Waals surface area contributed by atoms with Crippen LogP contribution >= 0.6 is 0 Å². The number of nitrogens with zero attached hydrogens (tertiary/aromatic N) is 5. The van der Waals surface area contributed by atoms with Crippen molar-refractivity contribution in [1.29, 1.82) is 0 Å². The summed E-state index contributed by atoms with van der Waals surface area (Å²) in [6.45, 7) is 11.6. The number of hydrogen-bond acceptors (Lipinski definition) is 5. The van der Waals surface area contributed by atoms with Crippen molar-refractivity contribution in [3.05, 3.63) is 84.1 Å². The van der Waals surface area contributed by atoms with Crippen LogP contribution in [0.5, 0.6) is 11.5 Å². The van der Waals surface area contributed by atoms with E-state index < -0.39 is 0 Å². The highest BCUT2D eigenvalue weighted by atomic mass is 16.5. The van der Waals surface area contributed by atoms with E-state index in [0.29, 0.717) is 0 Å². The molecule has 0 radical (unpaired) electrons. The minimum Gasteiger partial charge on any atom is -0.457 e. The van der Waals surface area contributed by atoms with Gasteiger partial charge in [-0.1, -0.05) is 26.8 Å². The van der Waals surface area contributed by atoms with Crippen molar-refractivity contribution < 1.29 is 4.74 Å². The zero-order valence-corrected chi connectivity index (χ0v) is 20.7. The second-order valence-corrected chi connectivity index (χ2v) is 10.00. The van der Waals surface area contributed by atoms with Crippen molar-refractivity contribution in [2.45, 2.75) is 40.0 Å². The van der Waals surface area contributed by atoms with Crippen molar-refractivity contribution in [2.24, 2.45) is 0 Å². The Labute approximate surface area is 201 Å². The summed E-state index contributed by atoms with van der Waals surface area (Å²) in [6.07, 6.45) is 6.03. The van der Waals surface area contributed by atoms with Crippen LogP contribution in [0.1, 0.15) is 37.7 Å². The number of rotatable bonds is 4. The third-order valence-corrected chi connectivity index (χ3v) is 6.31. The average molecular weight is 454 g/mol. The number of benzene rings is 1. The molecule has 0 saturated heterocycles. The summed E-state index contributed by atoms with van der Waals surface area (Å²) in [5.41, 5.74) is 7.19. The van der Waals surface area contributed by atoms with Crippen LogP contribution in [0.25, 0.3) is 17.0 Å². The molecule has 0 bridgehead atoms. The van der Waals surface area contributed by atoms with Crippen molar-refractivity contribution in [2.75, 3.05) is 18.6 Å². The van der Waals surface area contributed by atoms with Gasteiger partial charge in [-0.15, -0.1) is 0 Å². The first-order chi connectivity index (χ1) is 16.2. The molecule has 1 aromatic carbocycles. The second kappa shape index (κ2) is 8.20. The first-order valence-corrected chi connectivity index (χ1v) is 11.6. The van der Waals surface area contributed by atoms with Crippen LogP contribution in [0.15, 0.2) is 67.1 Å². The molecule has 0 unspecified atom stereocenters. The molecule has 1 aliphatic heterocycles. The summed E-state index contributed by atoms with van der Waals surface area (Å²) in [7, 11) is 2.06. The van der Waals surface area contributed by atoms with Gasteiger partial charge in [-0.2, -0.15) is 0 Å². The van der Waals surface area contributed by atoms with Crippen molar-refractivity contribution >= 4 is 11.3 Å². The van der Waals surface area contributed by atoms with Gasteiger partial charge >= 0.3 is 0 Å². The van der Waals surface area contributed by atoms with Gasteiger partial charge in [-0.05, 0) is 49.1 Å². The summed E-state index contributed by atoms with van der Waals surface area (Å²) in [5.74, 6) is 1.52. The van der Waals surface area contributed by atoms with E-state index in [9.17, 15) is 0 Å². The van der Waals surface area contributed by atoms with E-state index in [4.69, 9.17) is 14.7 Å². The quantitative estimate of drug-likeness (QED) is 0.364. The van der Waals surface area contributed by atoms with Crippen LogP contribution in [-0.2, 0) is 5.41 Å². The molecule has 174 valence electrons. The van der Waals surface area contributed by atoms with Gasteiger partial charge in [0.15, 0.2) is 0 Å². The van der Waals surface area contributed by atoms with E-state index in [2.05, 4.69) is 91.7 Å². The van der Waals surface area contributed by atoms with Crippen LogP contribution in [-0.4, -0.2) is 33.0 Å². The largest absolute Gasteiger partial charge is 0.457 e. The molecule has 0 fully saturated rings. The molecule has 4 heterocycles. The molecule has 4 aromatic rings. The standard InChI is InChI=1S/C28H31N5O/c1-19-20(2)33-26(25-14-21(10-11-29-25)28(3,4)5)16-24(17-27(33)30-19)34-23-9-7-8-22(15-23)32-13-12-31(6)18-32/h7-17H,18H2,1-6H3. The molecular weight excluding hydrogens is 422 g/mol. The van der Waals surface area contributed by atoms with Gasteiger partial charge in [-0.25, -0.2) is 4.98 Å². The maximum atomic E-state index is 6.38. The van der Waals surface area contributed by atoms with E-state index in [-0.39, 0.29) is 5.41 Å². The zero-order valence-electron chi connectivity index (χ0n) is 20.7. The lowest BCUT2D eigenvalue weighted by molar-refractivity contribution is 0.480. The fourth-order valence-corrected chi connectivity index (χ4v) is 4.25. The van der Waals surface area contributed by atoms with Crippen LogP contribution < -0.4 is 9.64 Å². The monoisotopic (exact) mass is 453 g/mol. The SMILES string of the molecule is Cc1nc2cc(Oc3cccc(N4C=CN(C)C4)c3)cc(-c3cc(C(C)(C)C)ccn3)n2c1C. The smallest absolute Gasteiger partial charge is 0.141 e. The molecule has 0 aliphatic carbocycles. The average Bonchev–Trinajstić information content (AvgIpc) is 3.36. The third-order valence-electron chi connectivity index (χ3n) is 6.31. The number of imidazole rings is 1. The van der Waals surface area contributed by atoms with E-state index in [1.54, 1.807) is 0 Å². The maximum absolute atomic E-state index is 6.38. The molecule has 34 heavy (non-hydrogen) atoms. The Kier molecular flexibility index (Phi) is 5.31. The molecule has 6 nitrogen and oxygen atoms in total. The predicted molar refractivity (Wildman–Crippen MR) is 137 cm³/mol.